The number of anilines is 1. The maximum absolute atomic E-state index is 12.6. The zero-order chi connectivity index (χ0) is 17.0. The number of nitrogens with one attached hydrogen (secondary N) is 2. The van der Waals surface area contributed by atoms with Gasteiger partial charge in [-0.2, -0.15) is 0 Å². The van der Waals surface area contributed by atoms with Gasteiger partial charge in [0.05, 0.1) is 5.69 Å². The predicted octanol–water partition coefficient (Wildman–Crippen LogP) is 4.36. The van der Waals surface area contributed by atoms with Crippen molar-refractivity contribution in [2.24, 2.45) is 0 Å². The van der Waals surface area contributed by atoms with Crippen molar-refractivity contribution in [2.45, 2.75) is 25.7 Å². The molecule has 23 heavy (non-hydrogen) atoms. The molecule has 120 valence electrons. The molecule has 0 spiro atoms. The fraction of sp³-hybridized carbons (Fsp3) is 0.222. The molecule has 0 aliphatic heterocycles. The minimum Gasteiger partial charge on any atom is -0.354 e. The zero-order valence-corrected chi connectivity index (χ0v) is 14.3. The van der Waals surface area contributed by atoms with Gasteiger partial charge in [-0.1, -0.05) is 18.2 Å². The van der Waals surface area contributed by atoms with E-state index in [2.05, 4.69) is 16.9 Å². The summed E-state index contributed by atoms with van der Waals surface area (Å²) in [6.45, 7) is 8.80. The molecule has 0 radical (unpaired) electrons. The molecular formula is C18H20N2O2S. The lowest BCUT2D eigenvalue weighted by Crippen LogP contribution is -2.14. The summed E-state index contributed by atoms with van der Waals surface area (Å²) in [4.78, 5) is 28.3. The van der Waals surface area contributed by atoms with E-state index >= 15 is 0 Å². The number of hydrogen-bond acceptors (Lipinski definition) is 3. The van der Waals surface area contributed by atoms with Crippen molar-refractivity contribution in [3.63, 3.8) is 0 Å². The van der Waals surface area contributed by atoms with E-state index in [9.17, 15) is 9.59 Å². The molecule has 1 heterocycles. The van der Waals surface area contributed by atoms with Gasteiger partial charge in [0.1, 0.15) is 5.69 Å². The van der Waals surface area contributed by atoms with Crippen molar-refractivity contribution in [3.8, 4) is 0 Å². The molecule has 1 amide bonds. The molecule has 0 atom stereocenters. The van der Waals surface area contributed by atoms with Crippen LogP contribution in [-0.4, -0.2) is 22.4 Å². The summed E-state index contributed by atoms with van der Waals surface area (Å²) in [5.41, 5.74) is 3.17. The quantitative estimate of drug-likeness (QED) is 0.470. The topological polar surface area (TPSA) is 62.0 Å². The Morgan fingerprint density at radius 3 is 2.61 bits per heavy atom. The fourth-order valence-electron chi connectivity index (χ4n) is 2.53. The van der Waals surface area contributed by atoms with Crippen LogP contribution < -0.4 is 5.32 Å². The molecule has 0 bridgehead atoms. The number of rotatable bonds is 6. The van der Waals surface area contributed by atoms with E-state index in [1.54, 1.807) is 25.6 Å². The molecule has 0 saturated carbocycles. The molecule has 0 fully saturated rings. The molecule has 1 aromatic carbocycles. The Labute approximate surface area is 140 Å². The van der Waals surface area contributed by atoms with E-state index in [1.807, 2.05) is 30.3 Å². The number of aryl methyl sites for hydroxylation is 1. The van der Waals surface area contributed by atoms with E-state index < -0.39 is 0 Å². The van der Waals surface area contributed by atoms with Gasteiger partial charge < -0.3 is 10.3 Å². The van der Waals surface area contributed by atoms with Crippen LogP contribution in [0, 0.1) is 13.8 Å². The minimum absolute atomic E-state index is 0.0442. The highest BCUT2D eigenvalue weighted by Crippen LogP contribution is 2.28. The minimum atomic E-state index is -0.246. The van der Waals surface area contributed by atoms with Crippen LogP contribution in [-0.2, 0) is 0 Å². The monoisotopic (exact) mass is 328 g/mol. The number of aromatic amines is 1. The van der Waals surface area contributed by atoms with Crippen molar-refractivity contribution in [1.82, 2.24) is 4.98 Å². The average Bonchev–Trinajstić information content (AvgIpc) is 2.81. The number of benzene rings is 1. The van der Waals surface area contributed by atoms with E-state index in [0.29, 0.717) is 16.8 Å². The summed E-state index contributed by atoms with van der Waals surface area (Å²) in [6.07, 6.45) is 1.82. The van der Waals surface area contributed by atoms with Gasteiger partial charge in [0.2, 0.25) is 0 Å². The number of thioether (sulfide) groups is 1. The van der Waals surface area contributed by atoms with Crippen molar-refractivity contribution in [2.75, 3.05) is 11.1 Å². The first kappa shape index (κ1) is 17.1. The molecule has 4 nitrogen and oxygen atoms in total. The van der Waals surface area contributed by atoms with Crippen LogP contribution in [0.5, 0.6) is 0 Å². The van der Waals surface area contributed by atoms with Gasteiger partial charge in [-0.3, -0.25) is 9.59 Å². The Morgan fingerprint density at radius 1 is 1.30 bits per heavy atom. The number of Topliss-reactive ketones (excluding diaryl/α,β-unsaturated/α-hetero) is 1. The number of carbonyl (C=O) groups excluding carboxylic acids is 2. The molecule has 0 aliphatic rings. The molecular weight excluding hydrogens is 308 g/mol. The fourth-order valence-corrected chi connectivity index (χ4v) is 3.28. The van der Waals surface area contributed by atoms with Crippen LogP contribution in [0.4, 0.5) is 5.69 Å². The Balaban J connectivity index is 2.28. The number of hydrogen-bond donors (Lipinski definition) is 2. The van der Waals surface area contributed by atoms with Crippen molar-refractivity contribution >= 4 is 29.1 Å². The third-order valence-electron chi connectivity index (χ3n) is 3.51. The largest absolute Gasteiger partial charge is 0.354 e. The van der Waals surface area contributed by atoms with Crippen LogP contribution in [0.3, 0.4) is 0 Å². The van der Waals surface area contributed by atoms with E-state index in [0.717, 1.165) is 22.0 Å². The Hall–Kier alpha value is -2.27. The van der Waals surface area contributed by atoms with Crippen molar-refractivity contribution < 1.29 is 9.59 Å². The summed E-state index contributed by atoms with van der Waals surface area (Å²) in [5, 5.41) is 2.92. The summed E-state index contributed by atoms with van der Waals surface area (Å²) in [5.74, 6) is 0.476. The highest BCUT2D eigenvalue weighted by atomic mass is 32.2. The van der Waals surface area contributed by atoms with Crippen molar-refractivity contribution in [1.29, 1.82) is 0 Å². The van der Waals surface area contributed by atoms with Crippen LogP contribution in [0.25, 0.3) is 0 Å². The van der Waals surface area contributed by atoms with Gasteiger partial charge in [-0.25, -0.2) is 0 Å². The molecule has 1 aromatic heterocycles. The van der Waals surface area contributed by atoms with Gasteiger partial charge in [0, 0.05) is 21.9 Å². The Bertz CT molecular complexity index is 762. The number of carbonyl (C=O) groups is 2. The third kappa shape index (κ3) is 3.74. The second kappa shape index (κ2) is 7.33. The first-order valence-corrected chi connectivity index (χ1v) is 8.28. The van der Waals surface area contributed by atoms with E-state index in [-0.39, 0.29) is 11.7 Å². The normalized spacial score (nSPS) is 10.4. The van der Waals surface area contributed by atoms with E-state index in [4.69, 9.17) is 0 Å². The molecule has 0 aliphatic carbocycles. The lowest BCUT2D eigenvalue weighted by molar-refractivity contribution is 0.101. The molecule has 0 unspecified atom stereocenters. The zero-order valence-electron chi connectivity index (χ0n) is 13.5. The highest BCUT2D eigenvalue weighted by molar-refractivity contribution is 7.99. The molecule has 2 N–H and O–H groups in total. The van der Waals surface area contributed by atoms with Gasteiger partial charge in [-0.05, 0) is 38.5 Å². The number of ketones is 1. The first-order valence-electron chi connectivity index (χ1n) is 7.29. The second-order valence-corrected chi connectivity index (χ2v) is 6.29. The maximum atomic E-state index is 12.6. The lowest BCUT2D eigenvalue weighted by atomic mass is 10.1. The highest BCUT2D eigenvalue weighted by Gasteiger charge is 2.20. The molecule has 2 aromatic rings. The predicted molar refractivity (Wildman–Crippen MR) is 95.6 cm³/mol. The standard InChI is InChI=1S/C18H20N2O2S/c1-5-10-23-15-9-7-6-8-14(15)20-18(22)17-11(2)16(13(4)21)12(3)19-17/h5-9,19H,1,10H2,2-4H3,(H,20,22). The van der Waals surface area contributed by atoms with Gasteiger partial charge in [-0.15, -0.1) is 18.3 Å². The third-order valence-corrected chi connectivity index (χ3v) is 4.58. The maximum Gasteiger partial charge on any atom is 0.272 e. The smallest absolute Gasteiger partial charge is 0.272 e. The Morgan fingerprint density at radius 2 is 2.00 bits per heavy atom. The molecule has 5 heteroatoms. The molecule has 0 saturated heterocycles. The van der Waals surface area contributed by atoms with Gasteiger partial charge >= 0.3 is 0 Å². The van der Waals surface area contributed by atoms with Gasteiger partial charge in [0.25, 0.3) is 5.91 Å². The molecule has 2 rings (SSSR count). The SMILES string of the molecule is C=CCSc1ccccc1NC(=O)c1[nH]c(C)c(C(C)=O)c1C. The first-order chi connectivity index (χ1) is 11.0. The summed E-state index contributed by atoms with van der Waals surface area (Å²) < 4.78 is 0. The summed E-state index contributed by atoms with van der Waals surface area (Å²) >= 11 is 1.60. The summed E-state index contributed by atoms with van der Waals surface area (Å²) in [6, 6.07) is 7.62. The van der Waals surface area contributed by atoms with E-state index in [1.165, 1.54) is 6.92 Å². The van der Waals surface area contributed by atoms with Crippen LogP contribution in [0.2, 0.25) is 0 Å². The average molecular weight is 328 g/mol. The lowest BCUT2D eigenvalue weighted by Gasteiger charge is -2.10. The summed E-state index contributed by atoms with van der Waals surface area (Å²) in [7, 11) is 0. The van der Waals surface area contributed by atoms with Crippen LogP contribution >= 0.6 is 11.8 Å². The number of aromatic nitrogens is 1. The second-order valence-electron chi connectivity index (χ2n) is 5.23. The number of amides is 1. The van der Waals surface area contributed by atoms with Crippen LogP contribution in [0.15, 0.2) is 41.8 Å². The van der Waals surface area contributed by atoms with Gasteiger partial charge in [0.15, 0.2) is 5.78 Å². The van der Waals surface area contributed by atoms with Crippen LogP contribution in [0.1, 0.15) is 39.0 Å². The Kier molecular flexibility index (Phi) is 5.45. The number of para-hydroxylation sites is 1. The number of H-pyrrole nitrogens is 1. The van der Waals surface area contributed by atoms with Crippen molar-refractivity contribution in [3.05, 3.63) is 59.4 Å².